The van der Waals surface area contributed by atoms with E-state index in [1.165, 1.54) is 12.0 Å². The quantitative estimate of drug-likeness (QED) is 0.277. The summed E-state index contributed by atoms with van der Waals surface area (Å²) in [6, 6.07) is 16.2. The van der Waals surface area contributed by atoms with Gasteiger partial charge < -0.3 is 19.5 Å². The minimum atomic E-state index is -0.383. The average molecular weight is 581 g/mol. The van der Waals surface area contributed by atoms with Crippen LogP contribution in [0.15, 0.2) is 59.5 Å². The van der Waals surface area contributed by atoms with E-state index in [2.05, 4.69) is 5.32 Å². The molecule has 1 fully saturated rings. The summed E-state index contributed by atoms with van der Waals surface area (Å²) in [5.41, 5.74) is 4.17. The molecule has 0 aliphatic carbocycles. The molecule has 1 aliphatic heterocycles. The summed E-state index contributed by atoms with van der Waals surface area (Å²) in [6.45, 7) is 5.88. The number of thioether (sulfide) groups is 1. The van der Waals surface area contributed by atoms with Crippen LogP contribution in [0.4, 0.5) is 10.5 Å². The average Bonchev–Trinajstić information content (AvgIpc) is 3.19. The molecule has 3 aromatic carbocycles. The highest BCUT2D eigenvalue weighted by molar-refractivity contribution is 8.18. The van der Waals surface area contributed by atoms with E-state index < -0.39 is 0 Å². The van der Waals surface area contributed by atoms with Gasteiger partial charge in [-0.3, -0.25) is 19.3 Å². The third-order valence-corrected chi connectivity index (χ3v) is 7.40. The van der Waals surface area contributed by atoms with Crippen LogP contribution in [0.2, 0.25) is 5.02 Å². The van der Waals surface area contributed by atoms with Crippen molar-refractivity contribution < 1.29 is 28.6 Å². The predicted molar refractivity (Wildman–Crippen MR) is 157 cm³/mol. The largest absolute Gasteiger partial charge is 0.493 e. The Kier molecular flexibility index (Phi) is 9.39. The Hall–Kier alpha value is -3.95. The van der Waals surface area contributed by atoms with Gasteiger partial charge in [0.25, 0.3) is 17.1 Å². The van der Waals surface area contributed by atoms with Crippen LogP contribution in [0.3, 0.4) is 0 Å². The van der Waals surface area contributed by atoms with Crippen molar-refractivity contribution in [2.24, 2.45) is 0 Å². The van der Waals surface area contributed by atoms with Gasteiger partial charge in [0.05, 0.1) is 18.6 Å². The third kappa shape index (κ3) is 7.16. The number of methoxy groups -OCH3 is 1. The number of anilines is 1. The minimum absolute atomic E-state index is 0.141. The number of carbonyl (C=O) groups is 3. The highest BCUT2D eigenvalue weighted by Gasteiger charge is 2.34. The fourth-order valence-corrected chi connectivity index (χ4v) is 4.90. The molecule has 1 heterocycles. The number of rotatable bonds is 10. The molecule has 0 bridgehead atoms. The molecule has 208 valence electrons. The number of ether oxygens (including phenoxy) is 3. The van der Waals surface area contributed by atoms with Crippen molar-refractivity contribution in [3.8, 4) is 17.2 Å². The summed E-state index contributed by atoms with van der Waals surface area (Å²) in [6.07, 6.45) is 1.62. The van der Waals surface area contributed by atoms with Crippen LogP contribution in [0, 0.1) is 20.8 Å². The topological polar surface area (TPSA) is 94.2 Å². The molecule has 0 aromatic heterocycles. The Morgan fingerprint density at radius 3 is 2.48 bits per heavy atom. The second-order valence-electron chi connectivity index (χ2n) is 9.16. The van der Waals surface area contributed by atoms with Crippen molar-refractivity contribution in [2.75, 3.05) is 32.2 Å². The third-order valence-electron chi connectivity index (χ3n) is 6.09. The SMILES string of the molecule is COc1cc(/C=C2\SC(=O)N(CCOc3cc(C)ccc3C)C2=O)ccc1OCC(=O)Nc1ccc(C)c(Cl)c1. The van der Waals surface area contributed by atoms with Gasteiger partial charge in [-0.1, -0.05) is 35.9 Å². The lowest BCUT2D eigenvalue weighted by molar-refractivity contribution is -0.123. The lowest BCUT2D eigenvalue weighted by Gasteiger charge is -2.14. The van der Waals surface area contributed by atoms with Crippen molar-refractivity contribution in [1.29, 1.82) is 0 Å². The molecular weight excluding hydrogens is 552 g/mol. The molecule has 1 aliphatic rings. The number of halogens is 1. The summed E-state index contributed by atoms with van der Waals surface area (Å²) in [5, 5.41) is 2.94. The maximum atomic E-state index is 12.9. The van der Waals surface area contributed by atoms with Crippen molar-refractivity contribution in [3.05, 3.63) is 86.8 Å². The molecule has 0 atom stereocenters. The molecule has 0 saturated carbocycles. The van der Waals surface area contributed by atoms with Crippen molar-refractivity contribution >= 4 is 52.2 Å². The highest BCUT2D eigenvalue weighted by atomic mass is 35.5. The number of nitrogens with zero attached hydrogens (tertiary/aromatic N) is 1. The molecule has 40 heavy (non-hydrogen) atoms. The first-order valence-corrected chi connectivity index (χ1v) is 13.7. The molecule has 0 spiro atoms. The Labute approximate surface area is 242 Å². The van der Waals surface area contributed by atoms with Crippen LogP contribution in [0.5, 0.6) is 17.2 Å². The highest BCUT2D eigenvalue weighted by Crippen LogP contribution is 2.34. The molecule has 3 aromatic rings. The van der Waals surface area contributed by atoms with E-state index in [1.54, 1.807) is 36.4 Å². The van der Waals surface area contributed by atoms with Gasteiger partial charge in [0.1, 0.15) is 12.4 Å². The van der Waals surface area contributed by atoms with Gasteiger partial charge >= 0.3 is 0 Å². The number of imide groups is 1. The van der Waals surface area contributed by atoms with Gasteiger partial charge in [0.15, 0.2) is 18.1 Å². The molecular formula is C30H29ClN2O6S. The van der Waals surface area contributed by atoms with E-state index in [-0.39, 0.29) is 36.8 Å². The minimum Gasteiger partial charge on any atom is -0.493 e. The van der Waals surface area contributed by atoms with Crippen LogP contribution >= 0.6 is 23.4 Å². The monoisotopic (exact) mass is 580 g/mol. The zero-order valence-electron chi connectivity index (χ0n) is 22.6. The molecule has 8 nitrogen and oxygen atoms in total. The molecule has 1 saturated heterocycles. The van der Waals surface area contributed by atoms with E-state index in [0.717, 1.165) is 34.2 Å². The van der Waals surface area contributed by atoms with Gasteiger partial charge in [-0.05, 0) is 91.2 Å². The maximum Gasteiger partial charge on any atom is 0.293 e. The number of carbonyl (C=O) groups excluding carboxylic acids is 3. The fraction of sp³-hybridized carbons (Fsp3) is 0.233. The fourth-order valence-electron chi connectivity index (χ4n) is 3.86. The van der Waals surface area contributed by atoms with Gasteiger partial charge in [-0.2, -0.15) is 0 Å². The lowest BCUT2D eigenvalue weighted by atomic mass is 10.1. The first-order chi connectivity index (χ1) is 19.1. The summed E-state index contributed by atoms with van der Waals surface area (Å²) in [4.78, 5) is 39.3. The van der Waals surface area contributed by atoms with Crippen LogP contribution in [0.25, 0.3) is 6.08 Å². The molecule has 0 radical (unpaired) electrons. The first kappa shape index (κ1) is 29.0. The van der Waals surface area contributed by atoms with Crippen LogP contribution in [0.1, 0.15) is 22.3 Å². The number of amides is 3. The number of nitrogens with one attached hydrogen (secondary N) is 1. The Morgan fingerprint density at radius 1 is 0.950 bits per heavy atom. The second-order valence-corrected chi connectivity index (χ2v) is 10.6. The van der Waals surface area contributed by atoms with Gasteiger partial charge in [-0.15, -0.1) is 0 Å². The standard InChI is InChI=1S/C30H29ClN2O6S/c1-18-5-6-20(3)25(13-18)38-12-11-33-29(35)27(40-30(33)36)15-21-8-10-24(26(14-21)37-4)39-17-28(34)32-22-9-7-19(2)23(31)16-22/h5-10,13-16H,11-12,17H2,1-4H3,(H,32,34)/b27-15-. The number of hydrogen-bond donors (Lipinski definition) is 1. The molecule has 0 unspecified atom stereocenters. The molecule has 1 N–H and O–H groups in total. The first-order valence-electron chi connectivity index (χ1n) is 12.5. The summed E-state index contributed by atoms with van der Waals surface area (Å²) >= 11 is 6.98. The molecule has 3 amide bonds. The van der Waals surface area contributed by atoms with E-state index in [4.69, 9.17) is 25.8 Å². The van der Waals surface area contributed by atoms with E-state index in [1.807, 2.05) is 45.0 Å². The summed E-state index contributed by atoms with van der Waals surface area (Å²) in [5.74, 6) is 0.719. The second kappa shape index (κ2) is 12.9. The lowest BCUT2D eigenvalue weighted by Crippen LogP contribution is -2.32. The predicted octanol–water partition coefficient (Wildman–Crippen LogP) is 6.41. The summed E-state index contributed by atoms with van der Waals surface area (Å²) < 4.78 is 16.9. The number of aryl methyl sites for hydroxylation is 3. The summed E-state index contributed by atoms with van der Waals surface area (Å²) in [7, 11) is 1.48. The normalized spacial score (nSPS) is 14.0. The zero-order chi connectivity index (χ0) is 28.8. The molecule has 4 rings (SSSR count). The van der Waals surface area contributed by atoms with E-state index >= 15 is 0 Å². The van der Waals surface area contributed by atoms with Crippen LogP contribution in [-0.4, -0.2) is 48.8 Å². The van der Waals surface area contributed by atoms with E-state index in [0.29, 0.717) is 32.7 Å². The van der Waals surface area contributed by atoms with Crippen LogP contribution in [-0.2, 0) is 9.59 Å². The van der Waals surface area contributed by atoms with Gasteiger partial charge in [0.2, 0.25) is 0 Å². The van der Waals surface area contributed by atoms with Crippen LogP contribution < -0.4 is 19.5 Å². The Morgan fingerprint density at radius 2 is 1.73 bits per heavy atom. The Bertz CT molecular complexity index is 1490. The number of benzene rings is 3. The maximum absolute atomic E-state index is 12.9. The zero-order valence-corrected chi connectivity index (χ0v) is 24.2. The smallest absolute Gasteiger partial charge is 0.293 e. The Balaban J connectivity index is 1.36. The van der Waals surface area contributed by atoms with Gasteiger partial charge in [-0.25, -0.2) is 0 Å². The van der Waals surface area contributed by atoms with Crippen molar-refractivity contribution in [1.82, 2.24) is 4.90 Å². The van der Waals surface area contributed by atoms with Crippen molar-refractivity contribution in [3.63, 3.8) is 0 Å². The van der Waals surface area contributed by atoms with Crippen molar-refractivity contribution in [2.45, 2.75) is 20.8 Å². The number of hydrogen-bond acceptors (Lipinski definition) is 7. The molecule has 10 heteroatoms. The van der Waals surface area contributed by atoms with E-state index in [9.17, 15) is 14.4 Å². The van der Waals surface area contributed by atoms with Gasteiger partial charge in [0, 0.05) is 10.7 Å².